The van der Waals surface area contributed by atoms with Gasteiger partial charge in [0.15, 0.2) is 5.92 Å². The summed E-state index contributed by atoms with van der Waals surface area (Å²) in [7, 11) is 0.797. The van der Waals surface area contributed by atoms with Crippen LogP contribution in [-0.4, -0.2) is 19.3 Å². The smallest absolute Gasteiger partial charge is 0.406 e. The molecule has 0 heterocycles. The SMILES string of the molecule is COC(=O)C(c1cc(N)ccc1F)C(F)(F)F. The standard InChI is InChI=1S/C10H9F4NO2/c1-17-9(16)8(10(12,13)14)6-4-5(15)2-3-7(6)11/h2-4,8H,15H2,1H3. The summed E-state index contributed by atoms with van der Waals surface area (Å²) >= 11 is 0. The van der Waals surface area contributed by atoms with E-state index in [1.54, 1.807) is 0 Å². The van der Waals surface area contributed by atoms with Crippen LogP contribution in [0.4, 0.5) is 23.2 Å². The number of nitrogens with two attached hydrogens (primary N) is 1. The Morgan fingerprint density at radius 1 is 1.41 bits per heavy atom. The first kappa shape index (κ1) is 13.3. The van der Waals surface area contributed by atoms with E-state index in [9.17, 15) is 22.4 Å². The van der Waals surface area contributed by atoms with Crippen molar-refractivity contribution in [3.63, 3.8) is 0 Å². The fraction of sp³-hybridized carbons (Fsp3) is 0.300. The summed E-state index contributed by atoms with van der Waals surface area (Å²) in [5.41, 5.74) is 4.35. The van der Waals surface area contributed by atoms with Gasteiger partial charge in [0.2, 0.25) is 0 Å². The molecular formula is C10H9F4NO2. The number of rotatable bonds is 2. The number of methoxy groups -OCH3 is 1. The van der Waals surface area contributed by atoms with E-state index >= 15 is 0 Å². The van der Waals surface area contributed by atoms with Crippen LogP contribution in [0.15, 0.2) is 18.2 Å². The highest BCUT2D eigenvalue weighted by Crippen LogP contribution is 2.37. The van der Waals surface area contributed by atoms with Crippen LogP contribution >= 0.6 is 0 Å². The van der Waals surface area contributed by atoms with Crippen molar-refractivity contribution in [3.05, 3.63) is 29.6 Å². The molecule has 0 amide bonds. The molecular weight excluding hydrogens is 242 g/mol. The van der Waals surface area contributed by atoms with Gasteiger partial charge in [0.1, 0.15) is 5.82 Å². The van der Waals surface area contributed by atoms with E-state index in [0.717, 1.165) is 25.3 Å². The van der Waals surface area contributed by atoms with Crippen LogP contribution in [0.3, 0.4) is 0 Å². The molecule has 7 heteroatoms. The van der Waals surface area contributed by atoms with E-state index in [4.69, 9.17) is 5.73 Å². The van der Waals surface area contributed by atoms with E-state index in [1.807, 2.05) is 0 Å². The lowest BCUT2D eigenvalue weighted by Crippen LogP contribution is -2.30. The predicted octanol–water partition coefficient (Wildman–Crippen LogP) is 2.23. The molecule has 0 aromatic heterocycles. The summed E-state index contributed by atoms with van der Waals surface area (Å²) in [6, 6.07) is 2.64. The van der Waals surface area contributed by atoms with Gasteiger partial charge in [-0.1, -0.05) is 0 Å². The monoisotopic (exact) mass is 251 g/mol. The summed E-state index contributed by atoms with van der Waals surface area (Å²) < 4.78 is 55.2. The highest BCUT2D eigenvalue weighted by atomic mass is 19.4. The molecule has 2 N–H and O–H groups in total. The number of esters is 1. The number of anilines is 1. The van der Waals surface area contributed by atoms with Crippen molar-refractivity contribution in [3.8, 4) is 0 Å². The Hall–Kier alpha value is -1.79. The fourth-order valence-electron chi connectivity index (χ4n) is 1.34. The maximum absolute atomic E-state index is 13.3. The maximum atomic E-state index is 13.3. The van der Waals surface area contributed by atoms with Gasteiger partial charge in [0.05, 0.1) is 7.11 Å². The van der Waals surface area contributed by atoms with E-state index in [0.29, 0.717) is 0 Å². The minimum atomic E-state index is -4.94. The maximum Gasteiger partial charge on any atom is 0.406 e. The van der Waals surface area contributed by atoms with Crippen molar-refractivity contribution in [2.45, 2.75) is 12.1 Å². The van der Waals surface area contributed by atoms with Crippen molar-refractivity contribution in [2.75, 3.05) is 12.8 Å². The van der Waals surface area contributed by atoms with Crippen molar-refractivity contribution in [2.24, 2.45) is 0 Å². The summed E-state index contributed by atoms with van der Waals surface area (Å²) in [6.07, 6.45) is -4.94. The van der Waals surface area contributed by atoms with Crippen LogP contribution in [0, 0.1) is 5.82 Å². The molecule has 1 rings (SSSR count). The first-order chi connectivity index (χ1) is 7.77. The largest absolute Gasteiger partial charge is 0.468 e. The van der Waals surface area contributed by atoms with E-state index < -0.39 is 29.4 Å². The lowest BCUT2D eigenvalue weighted by Gasteiger charge is -2.19. The minimum absolute atomic E-state index is 0.0699. The number of benzene rings is 1. The number of carbonyl (C=O) groups excluding carboxylic acids is 1. The van der Waals surface area contributed by atoms with Crippen molar-refractivity contribution >= 4 is 11.7 Å². The molecule has 3 nitrogen and oxygen atoms in total. The number of carbonyl (C=O) groups is 1. The molecule has 0 aliphatic rings. The molecule has 1 atom stereocenters. The Morgan fingerprint density at radius 3 is 2.47 bits per heavy atom. The number of nitrogen functional groups attached to an aromatic ring is 1. The minimum Gasteiger partial charge on any atom is -0.468 e. The van der Waals surface area contributed by atoms with Gasteiger partial charge in [-0.3, -0.25) is 4.79 Å². The molecule has 0 saturated heterocycles. The molecule has 0 radical (unpaired) electrons. The number of halogens is 4. The third-order valence-electron chi connectivity index (χ3n) is 2.10. The molecule has 0 saturated carbocycles. The zero-order valence-corrected chi connectivity index (χ0v) is 8.72. The zero-order valence-electron chi connectivity index (χ0n) is 8.72. The van der Waals surface area contributed by atoms with Gasteiger partial charge in [-0.2, -0.15) is 13.2 Å². The average Bonchev–Trinajstić information content (AvgIpc) is 2.21. The van der Waals surface area contributed by atoms with E-state index in [-0.39, 0.29) is 5.69 Å². The first-order valence-electron chi connectivity index (χ1n) is 4.47. The predicted molar refractivity (Wildman–Crippen MR) is 51.6 cm³/mol. The van der Waals surface area contributed by atoms with Gasteiger partial charge in [0, 0.05) is 11.3 Å². The number of ether oxygens (including phenoxy) is 1. The highest BCUT2D eigenvalue weighted by molar-refractivity contribution is 5.79. The second-order valence-corrected chi connectivity index (χ2v) is 3.28. The van der Waals surface area contributed by atoms with Crippen LogP contribution in [-0.2, 0) is 9.53 Å². The Kier molecular flexibility index (Phi) is 3.59. The molecule has 1 aromatic rings. The lowest BCUT2D eigenvalue weighted by molar-refractivity contribution is -0.179. The van der Waals surface area contributed by atoms with Gasteiger partial charge in [-0.05, 0) is 18.2 Å². The normalized spacial score (nSPS) is 13.2. The molecule has 0 aliphatic heterocycles. The van der Waals surface area contributed by atoms with Crippen LogP contribution in [0.2, 0.25) is 0 Å². The fourth-order valence-corrected chi connectivity index (χ4v) is 1.34. The second-order valence-electron chi connectivity index (χ2n) is 3.28. The second kappa shape index (κ2) is 4.60. The first-order valence-corrected chi connectivity index (χ1v) is 4.47. The number of alkyl halides is 3. The quantitative estimate of drug-likeness (QED) is 0.498. The van der Waals surface area contributed by atoms with Gasteiger partial charge >= 0.3 is 12.1 Å². The van der Waals surface area contributed by atoms with Crippen molar-refractivity contribution in [1.82, 2.24) is 0 Å². The Balaban J connectivity index is 3.32. The lowest BCUT2D eigenvalue weighted by atomic mass is 9.97. The molecule has 0 spiro atoms. The third-order valence-corrected chi connectivity index (χ3v) is 2.10. The zero-order chi connectivity index (χ0) is 13.2. The van der Waals surface area contributed by atoms with E-state index in [2.05, 4.69) is 4.74 Å². The molecule has 0 aliphatic carbocycles. The van der Waals surface area contributed by atoms with Crippen molar-refractivity contribution in [1.29, 1.82) is 0 Å². The summed E-state index contributed by atoms with van der Waals surface area (Å²) in [5, 5.41) is 0. The summed E-state index contributed by atoms with van der Waals surface area (Å²) in [5.74, 6) is -5.41. The van der Waals surface area contributed by atoms with Crippen LogP contribution in [0.1, 0.15) is 11.5 Å². The number of hydrogen-bond acceptors (Lipinski definition) is 3. The molecule has 17 heavy (non-hydrogen) atoms. The third kappa shape index (κ3) is 2.86. The van der Waals surface area contributed by atoms with Crippen LogP contribution in [0.5, 0.6) is 0 Å². The van der Waals surface area contributed by atoms with Gasteiger partial charge in [-0.15, -0.1) is 0 Å². The van der Waals surface area contributed by atoms with Crippen LogP contribution < -0.4 is 5.73 Å². The Labute approximate surface area is 94.2 Å². The Morgan fingerprint density at radius 2 is 2.00 bits per heavy atom. The number of hydrogen-bond donors (Lipinski definition) is 1. The van der Waals surface area contributed by atoms with Gasteiger partial charge in [-0.25, -0.2) is 4.39 Å². The molecule has 1 aromatic carbocycles. The van der Waals surface area contributed by atoms with E-state index in [1.165, 1.54) is 0 Å². The van der Waals surface area contributed by atoms with Gasteiger partial charge < -0.3 is 10.5 Å². The van der Waals surface area contributed by atoms with Crippen LogP contribution in [0.25, 0.3) is 0 Å². The molecule has 0 bridgehead atoms. The van der Waals surface area contributed by atoms with Gasteiger partial charge in [0.25, 0.3) is 0 Å². The molecule has 0 fully saturated rings. The highest BCUT2D eigenvalue weighted by Gasteiger charge is 2.48. The summed E-state index contributed by atoms with van der Waals surface area (Å²) in [4.78, 5) is 11.1. The molecule has 94 valence electrons. The molecule has 1 unspecified atom stereocenters. The average molecular weight is 251 g/mol. The topological polar surface area (TPSA) is 52.3 Å². The Bertz CT molecular complexity index is 431. The van der Waals surface area contributed by atoms with Crippen molar-refractivity contribution < 1.29 is 27.1 Å². The summed E-state index contributed by atoms with van der Waals surface area (Å²) in [6.45, 7) is 0.